The van der Waals surface area contributed by atoms with E-state index in [4.69, 9.17) is 0 Å². The molecule has 4 heteroatoms. The average molecular weight is 324 g/mol. The number of nitrogens with zero attached hydrogens (tertiary/aromatic N) is 1. The standard InChI is InChI=1S/C20H25N3O/c1-17-7-5-6-10-19(17)21-20(24)11-12-22-13-15-23(16-14-22)18-8-3-2-4-9-18/h2-10H,11-16H2,1H3,(H,21,24)/p+1. The molecular weight excluding hydrogens is 298 g/mol. The highest BCUT2D eigenvalue weighted by Crippen LogP contribution is 2.13. The minimum Gasteiger partial charge on any atom is -0.360 e. The number of aryl methyl sites for hydroxylation is 1. The lowest BCUT2D eigenvalue weighted by atomic mass is 10.2. The number of anilines is 2. The number of amides is 1. The van der Waals surface area contributed by atoms with Crippen LogP contribution in [0.2, 0.25) is 0 Å². The number of carbonyl (C=O) groups excluding carboxylic acids is 1. The number of piperazine rings is 1. The molecular formula is C20H26N3O+. The molecule has 0 bridgehead atoms. The summed E-state index contributed by atoms with van der Waals surface area (Å²) in [7, 11) is 0. The highest BCUT2D eigenvalue weighted by molar-refractivity contribution is 5.91. The summed E-state index contributed by atoms with van der Waals surface area (Å²) >= 11 is 0. The zero-order valence-electron chi connectivity index (χ0n) is 14.3. The van der Waals surface area contributed by atoms with Crippen molar-refractivity contribution in [3.8, 4) is 0 Å². The molecule has 0 aliphatic carbocycles. The van der Waals surface area contributed by atoms with Crippen molar-refractivity contribution in [2.45, 2.75) is 13.3 Å². The van der Waals surface area contributed by atoms with Crippen LogP contribution in [0.3, 0.4) is 0 Å². The van der Waals surface area contributed by atoms with Gasteiger partial charge in [0, 0.05) is 11.4 Å². The van der Waals surface area contributed by atoms with Gasteiger partial charge >= 0.3 is 0 Å². The Morgan fingerprint density at radius 2 is 1.71 bits per heavy atom. The van der Waals surface area contributed by atoms with Gasteiger partial charge in [-0.1, -0.05) is 36.4 Å². The second-order valence-corrected chi connectivity index (χ2v) is 6.44. The van der Waals surface area contributed by atoms with E-state index in [0.29, 0.717) is 6.42 Å². The molecule has 0 unspecified atom stereocenters. The first-order chi connectivity index (χ1) is 11.7. The summed E-state index contributed by atoms with van der Waals surface area (Å²) in [5.74, 6) is 0.113. The normalized spacial score (nSPS) is 15.3. The zero-order chi connectivity index (χ0) is 16.8. The van der Waals surface area contributed by atoms with Crippen molar-refractivity contribution >= 4 is 17.3 Å². The quantitative estimate of drug-likeness (QED) is 0.879. The van der Waals surface area contributed by atoms with Gasteiger partial charge in [0.1, 0.15) is 0 Å². The Kier molecular flexibility index (Phi) is 5.49. The van der Waals surface area contributed by atoms with Gasteiger partial charge in [-0.15, -0.1) is 0 Å². The lowest BCUT2D eigenvalue weighted by molar-refractivity contribution is -0.900. The van der Waals surface area contributed by atoms with Gasteiger partial charge in [-0.05, 0) is 30.7 Å². The van der Waals surface area contributed by atoms with Crippen molar-refractivity contribution < 1.29 is 9.69 Å². The molecule has 2 N–H and O–H groups in total. The van der Waals surface area contributed by atoms with Gasteiger partial charge in [0.25, 0.3) is 0 Å². The van der Waals surface area contributed by atoms with Crippen molar-refractivity contribution in [2.24, 2.45) is 0 Å². The van der Waals surface area contributed by atoms with Gasteiger partial charge in [0.15, 0.2) is 0 Å². The molecule has 0 aromatic heterocycles. The minimum atomic E-state index is 0.113. The summed E-state index contributed by atoms with van der Waals surface area (Å²) in [4.78, 5) is 16.1. The SMILES string of the molecule is Cc1ccccc1NC(=O)CC[NH+]1CCN(c2ccccc2)CC1. The van der Waals surface area contributed by atoms with E-state index in [1.165, 1.54) is 10.6 Å². The fourth-order valence-corrected chi connectivity index (χ4v) is 3.19. The number of nitrogens with one attached hydrogen (secondary N) is 2. The van der Waals surface area contributed by atoms with Crippen LogP contribution in [0.1, 0.15) is 12.0 Å². The van der Waals surface area contributed by atoms with Crippen LogP contribution in [-0.4, -0.2) is 38.6 Å². The Morgan fingerprint density at radius 3 is 2.42 bits per heavy atom. The molecule has 24 heavy (non-hydrogen) atoms. The smallest absolute Gasteiger partial charge is 0.230 e. The van der Waals surface area contributed by atoms with Gasteiger partial charge in [0.2, 0.25) is 5.91 Å². The Hall–Kier alpha value is -2.33. The molecule has 0 atom stereocenters. The third kappa shape index (κ3) is 4.36. The molecule has 1 saturated heterocycles. The molecule has 1 aliphatic rings. The van der Waals surface area contributed by atoms with E-state index in [2.05, 4.69) is 40.5 Å². The number of quaternary nitrogens is 1. The van der Waals surface area contributed by atoms with Crippen LogP contribution < -0.4 is 15.1 Å². The maximum Gasteiger partial charge on any atom is 0.230 e. The van der Waals surface area contributed by atoms with E-state index >= 15 is 0 Å². The molecule has 2 aromatic carbocycles. The van der Waals surface area contributed by atoms with Gasteiger partial charge in [0.05, 0.1) is 39.1 Å². The summed E-state index contributed by atoms with van der Waals surface area (Å²) in [5, 5.41) is 3.02. The molecule has 0 radical (unpaired) electrons. The molecule has 2 aromatic rings. The monoisotopic (exact) mass is 324 g/mol. The topological polar surface area (TPSA) is 36.8 Å². The number of hydrogen-bond acceptors (Lipinski definition) is 2. The second kappa shape index (κ2) is 7.97. The first-order valence-electron chi connectivity index (χ1n) is 8.71. The predicted octanol–water partition coefficient (Wildman–Crippen LogP) is 1.73. The number of hydrogen-bond donors (Lipinski definition) is 2. The Morgan fingerprint density at radius 1 is 1.04 bits per heavy atom. The van der Waals surface area contributed by atoms with E-state index in [0.717, 1.165) is 44.0 Å². The van der Waals surface area contributed by atoms with E-state index in [9.17, 15) is 4.79 Å². The van der Waals surface area contributed by atoms with Crippen LogP contribution >= 0.6 is 0 Å². The third-order valence-corrected chi connectivity index (χ3v) is 4.72. The first-order valence-corrected chi connectivity index (χ1v) is 8.71. The summed E-state index contributed by atoms with van der Waals surface area (Å²) in [6.45, 7) is 7.21. The molecule has 1 heterocycles. The lowest BCUT2D eigenvalue weighted by Gasteiger charge is -2.33. The van der Waals surface area contributed by atoms with Crippen LogP contribution in [0.15, 0.2) is 54.6 Å². The highest BCUT2D eigenvalue weighted by atomic mass is 16.1. The van der Waals surface area contributed by atoms with E-state index in [1.54, 1.807) is 0 Å². The van der Waals surface area contributed by atoms with Gasteiger partial charge in [-0.25, -0.2) is 0 Å². The van der Waals surface area contributed by atoms with Crippen molar-refractivity contribution in [1.29, 1.82) is 0 Å². The van der Waals surface area contributed by atoms with Crippen molar-refractivity contribution in [2.75, 3.05) is 42.9 Å². The van der Waals surface area contributed by atoms with E-state index < -0.39 is 0 Å². The molecule has 1 aliphatic heterocycles. The van der Waals surface area contributed by atoms with Crippen molar-refractivity contribution in [3.05, 3.63) is 60.2 Å². The largest absolute Gasteiger partial charge is 0.360 e. The molecule has 4 nitrogen and oxygen atoms in total. The number of carbonyl (C=O) groups is 1. The number of rotatable bonds is 5. The van der Waals surface area contributed by atoms with Gasteiger partial charge in [-0.2, -0.15) is 0 Å². The molecule has 1 amide bonds. The predicted molar refractivity (Wildman–Crippen MR) is 98.6 cm³/mol. The number of para-hydroxylation sites is 2. The highest BCUT2D eigenvalue weighted by Gasteiger charge is 2.20. The van der Waals surface area contributed by atoms with Crippen LogP contribution in [0.4, 0.5) is 11.4 Å². The van der Waals surface area contributed by atoms with Crippen LogP contribution in [-0.2, 0) is 4.79 Å². The van der Waals surface area contributed by atoms with Crippen LogP contribution in [0, 0.1) is 6.92 Å². The molecule has 0 saturated carbocycles. The second-order valence-electron chi connectivity index (χ2n) is 6.44. The van der Waals surface area contributed by atoms with Crippen molar-refractivity contribution in [3.63, 3.8) is 0 Å². The van der Waals surface area contributed by atoms with Gasteiger partial charge in [-0.3, -0.25) is 4.79 Å². The molecule has 126 valence electrons. The maximum atomic E-state index is 12.2. The Balaban J connectivity index is 1.42. The summed E-state index contributed by atoms with van der Waals surface area (Å²) in [6.07, 6.45) is 0.578. The Labute approximate surface area is 144 Å². The van der Waals surface area contributed by atoms with E-state index in [-0.39, 0.29) is 5.91 Å². The summed E-state index contributed by atoms with van der Waals surface area (Å²) in [5.41, 5.74) is 3.33. The number of benzene rings is 2. The molecule has 1 fully saturated rings. The van der Waals surface area contributed by atoms with Crippen molar-refractivity contribution in [1.82, 2.24) is 0 Å². The third-order valence-electron chi connectivity index (χ3n) is 4.72. The average Bonchev–Trinajstić information content (AvgIpc) is 2.63. The lowest BCUT2D eigenvalue weighted by Crippen LogP contribution is -3.15. The minimum absolute atomic E-state index is 0.113. The summed E-state index contributed by atoms with van der Waals surface area (Å²) in [6, 6.07) is 18.5. The molecule has 0 spiro atoms. The fourth-order valence-electron chi connectivity index (χ4n) is 3.19. The Bertz CT molecular complexity index is 664. The fraction of sp³-hybridized carbons (Fsp3) is 0.350. The van der Waals surface area contributed by atoms with Gasteiger partial charge < -0.3 is 15.1 Å². The first kappa shape index (κ1) is 16.5. The van der Waals surface area contributed by atoms with Crippen LogP contribution in [0.5, 0.6) is 0 Å². The zero-order valence-corrected chi connectivity index (χ0v) is 14.3. The maximum absolute atomic E-state index is 12.2. The van der Waals surface area contributed by atoms with E-state index in [1.807, 2.05) is 31.2 Å². The van der Waals surface area contributed by atoms with Crippen LogP contribution in [0.25, 0.3) is 0 Å². The summed E-state index contributed by atoms with van der Waals surface area (Å²) < 4.78 is 0. The molecule has 3 rings (SSSR count).